The number of benzene rings is 3. The number of hydrogen-bond donors (Lipinski definition) is 3. The van der Waals surface area contributed by atoms with Gasteiger partial charge < -0.3 is 15.0 Å². The molecule has 0 aliphatic rings. The molecule has 15 heteroatoms. The van der Waals surface area contributed by atoms with Crippen LogP contribution in [-0.4, -0.2) is 20.1 Å². The van der Waals surface area contributed by atoms with E-state index in [4.69, 9.17) is 16.7 Å². The van der Waals surface area contributed by atoms with Crippen LogP contribution in [0.25, 0.3) is 22.5 Å². The minimum absolute atomic E-state index is 0.00665. The average Bonchev–Trinajstić information content (AvgIpc) is 3.31. The van der Waals surface area contributed by atoms with Crippen LogP contribution in [0.4, 0.5) is 32.0 Å². The van der Waals surface area contributed by atoms with Gasteiger partial charge in [0.05, 0.1) is 22.0 Å². The van der Waals surface area contributed by atoms with Crippen LogP contribution in [0.15, 0.2) is 84.0 Å². The van der Waals surface area contributed by atoms with Crippen LogP contribution in [0.1, 0.15) is 17.1 Å². The lowest BCUT2D eigenvalue weighted by molar-refractivity contribution is -0.274. The molecule has 1 unspecified atom stereocenters. The largest absolute Gasteiger partial charge is 0.573 e. The van der Waals surface area contributed by atoms with Gasteiger partial charge in [0.25, 0.3) is 0 Å². The highest BCUT2D eigenvalue weighted by atomic mass is 32.2. The Labute approximate surface area is 232 Å². The molecule has 0 aliphatic heterocycles. The number of aryl methyl sites for hydroxylation is 1. The monoisotopic (exact) mass is 596 g/mol. The highest BCUT2D eigenvalue weighted by Gasteiger charge is 2.35. The van der Waals surface area contributed by atoms with E-state index in [-0.39, 0.29) is 28.5 Å². The molecular weight excluding hydrogens is 574 g/mol. The first-order chi connectivity index (χ1) is 19.2. The summed E-state index contributed by atoms with van der Waals surface area (Å²) in [7, 11) is -1.77. The third-order valence-corrected chi connectivity index (χ3v) is 6.59. The van der Waals surface area contributed by atoms with Crippen LogP contribution in [0.3, 0.4) is 0 Å². The molecule has 0 saturated heterocycles. The fraction of sp³-hybridized carbons (Fsp3) is 0.115. The van der Waals surface area contributed by atoms with Gasteiger partial charge in [-0.05, 0) is 66.6 Å². The maximum absolute atomic E-state index is 13.4. The lowest BCUT2D eigenvalue weighted by atomic mass is 10.0. The fourth-order valence-corrected chi connectivity index (χ4v) is 4.48. The van der Waals surface area contributed by atoms with Crippen LogP contribution in [0, 0.1) is 6.92 Å². The van der Waals surface area contributed by atoms with Gasteiger partial charge in [-0.1, -0.05) is 18.2 Å². The summed E-state index contributed by atoms with van der Waals surface area (Å²) in [6, 6.07) is 15.9. The molecule has 0 spiro atoms. The molecule has 0 bridgehead atoms. The van der Waals surface area contributed by atoms with Crippen molar-refractivity contribution in [2.45, 2.75) is 24.4 Å². The van der Waals surface area contributed by atoms with E-state index < -0.39 is 35.0 Å². The first-order valence-corrected chi connectivity index (χ1v) is 12.8. The molecule has 41 heavy (non-hydrogen) atoms. The Hall–Kier alpha value is -4.34. The number of aromatic nitrogens is 2. The van der Waals surface area contributed by atoms with Gasteiger partial charge in [0.2, 0.25) is 0 Å². The van der Waals surface area contributed by atoms with E-state index in [9.17, 15) is 30.6 Å². The number of hydrazine groups is 1. The van der Waals surface area contributed by atoms with Gasteiger partial charge >= 0.3 is 12.5 Å². The number of alkyl halides is 6. The maximum Gasteiger partial charge on any atom is 0.573 e. The number of nitrogens with two attached hydrogens (primary N) is 3. The zero-order valence-electron chi connectivity index (χ0n) is 21.1. The van der Waals surface area contributed by atoms with E-state index in [1.807, 2.05) is 0 Å². The van der Waals surface area contributed by atoms with Crippen molar-refractivity contribution < 1.29 is 35.3 Å². The summed E-state index contributed by atoms with van der Waals surface area (Å²) in [5.74, 6) is 6.01. The molecule has 0 aliphatic carbocycles. The first-order valence-electron chi connectivity index (χ1n) is 11.5. The van der Waals surface area contributed by atoms with Gasteiger partial charge in [-0.15, -0.1) is 13.2 Å². The number of halogens is 6. The van der Waals surface area contributed by atoms with Crippen molar-refractivity contribution in [1.29, 1.82) is 0 Å². The Morgan fingerprint density at radius 3 is 2.22 bits per heavy atom. The van der Waals surface area contributed by atoms with Crippen LogP contribution in [0.2, 0.25) is 0 Å². The van der Waals surface area contributed by atoms with Crippen molar-refractivity contribution in [1.82, 2.24) is 9.55 Å². The zero-order valence-corrected chi connectivity index (χ0v) is 21.9. The highest BCUT2D eigenvalue weighted by molar-refractivity contribution is 7.82. The lowest BCUT2D eigenvalue weighted by Gasteiger charge is -2.26. The van der Waals surface area contributed by atoms with E-state index in [1.165, 1.54) is 29.7 Å². The standard InChI is InChI=1S/C26H22F6N6O2S/c1-15-36-24(25(27,28)29)14-37(15)21-10-7-18(17-3-2-4-20(11-17)41(35)39)12-22(21)38(34)23(13-33)16-5-8-19(9-6-16)40-26(30,31)32/h2-14H,33-35H2,1H3/b23-13-. The number of rotatable bonds is 7. The number of imidazole rings is 1. The van der Waals surface area contributed by atoms with Crippen LogP contribution >= 0.6 is 0 Å². The van der Waals surface area contributed by atoms with Gasteiger partial charge in [0.15, 0.2) is 5.69 Å². The molecule has 0 fully saturated rings. The van der Waals surface area contributed by atoms with E-state index >= 15 is 0 Å². The normalized spacial score (nSPS) is 13.2. The minimum atomic E-state index is -4.89. The summed E-state index contributed by atoms with van der Waals surface area (Å²) in [4.78, 5) is 3.95. The number of nitrogens with zero attached hydrogens (tertiary/aromatic N) is 3. The van der Waals surface area contributed by atoms with Crippen molar-refractivity contribution in [3.8, 4) is 22.6 Å². The molecule has 0 amide bonds. The number of ether oxygens (including phenoxy) is 1. The van der Waals surface area contributed by atoms with E-state index in [2.05, 4.69) is 9.72 Å². The Balaban J connectivity index is 1.85. The van der Waals surface area contributed by atoms with Crippen molar-refractivity contribution in [3.05, 3.63) is 96.2 Å². The van der Waals surface area contributed by atoms with Gasteiger partial charge in [0.1, 0.15) is 22.6 Å². The summed E-state index contributed by atoms with van der Waals surface area (Å²) < 4.78 is 95.0. The zero-order chi connectivity index (χ0) is 30.1. The van der Waals surface area contributed by atoms with Crippen molar-refractivity contribution in [2.24, 2.45) is 16.7 Å². The average molecular weight is 597 g/mol. The minimum Gasteiger partial charge on any atom is -0.406 e. The Bertz CT molecular complexity index is 1620. The molecule has 1 aromatic heterocycles. The summed E-state index contributed by atoms with van der Waals surface area (Å²) in [5.41, 5.74) is 6.56. The van der Waals surface area contributed by atoms with Gasteiger partial charge in [-0.3, -0.25) is 5.01 Å². The molecule has 0 saturated carbocycles. The van der Waals surface area contributed by atoms with E-state index in [1.54, 1.807) is 36.4 Å². The summed E-state index contributed by atoms with van der Waals surface area (Å²) in [6.07, 6.45) is -7.69. The Morgan fingerprint density at radius 1 is 1.00 bits per heavy atom. The van der Waals surface area contributed by atoms with Crippen LogP contribution in [-0.2, 0) is 17.2 Å². The summed E-state index contributed by atoms with van der Waals surface area (Å²) in [6.45, 7) is 1.38. The summed E-state index contributed by atoms with van der Waals surface area (Å²) >= 11 is 0. The first kappa shape index (κ1) is 29.6. The highest BCUT2D eigenvalue weighted by Crippen LogP contribution is 2.36. The van der Waals surface area contributed by atoms with Crippen LogP contribution in [0.5, 0.6) is 5.75 Å². The van der Waals surface area contributed by atoms with Gasteiger partial charge in [0, 0.05) is 18.0 Å². The third kappa shape index (κ3) is 6.70. The molecule has 1 atom stereocenters. The van der Waals surface area contributed by atoms with Gasteiger partial charge in [-0.25, -0.2) is 20.2 Å². The Morgan fingerprint density at radius 2 is 1.66 bits per heavy atom. The Kier molecular flexibility index (Phi) is 8.15. The second-order valence-corrected chi connectivity index (χ2v) is 9.63. The molecule has 1 heterocycles. The molecule has 8 nitrogen and oxygen atoms in total. The molecule has 4 aromatic rings. The lowest BCUT2D eigenvalue weighted by Crippen LogP contribution is -2.31. The molecule has 216 valence electrons. The van der Waals surface area contributed by atoms with Crippen molar-refractivity contribution in [2.75, 3.05) is 5.01 Å². The predicted octanol–water partition coefficient (Wildman–Crippen LogP) is 5.38. The molecule has 0 radical (unpaired) electrons. The van der Waals surface area contributed by atoms with E-state index in [0.29, 0.717) is 16.0 Å². The molecular formula is C26H22F6N6O2S. The second-order valence-electron chi connectivity index (χ2n) is 8.56. The number of hydrogen-bond acceptors (Lipinski definition) is 6. The van der Waals surface area contributed by atoms with Crippen molar-refractivity contribution in [3.63, 3.8) is 0 Å². The predicted molar refractivity (Wildman–Crippen MR) is 141 cm³/mol. The number of anilines is 1. The SMILES string of the molecule is Cc1nc(C(F)(F)F)cn1-c1ccc(-c2cccc(S(N)=O)c2)cc1N(N)/C(=C\N)c1ccc(OC(F)(F)F)cc1. The topological polar surface area (TPSA) is 125 Å². The molecule has 4 rings (SSSR count). The van der Waals surface area contributed by atoms with E-state index in [0.717, 1.165) is 29.5 Å². The molecule has 6 N–H and O–H groups in total. The van der Waals surface area contributed by atoms with Crippen LogP contribution < -0.4 is 26.5 Å². The molecule has 3 aromatic carbocycles. The third-order valence-electron chi connectivity index (χ3n) is 5.87. The summed E-state index contributed by atoms with van der Waals surface area (Å²) in [5, 5.41) is 6.59. The van der Waals surface area contributed by atoms with Crippen molar-refractivity contribution >= 4 is 22.4 Å². The second kappa shape index (κ2) is 11.3. The smallest absolute Gasteiger partial charge is 0.406 e. The van der Waals surface area contributed by atoms with Gasteiger partial charge in [-0.2, -0.15) is 13.2 Å². The maximum atomic E-state index is 13.4. The quantitative estimate of drug-likeness (QED) is 0.149. The fourth-order valence-electron chi connectivity index (χ4n) is 4.03.